The molecule has 0 radical (unpaired) electrons. The van der Waals surface area contributed by atoms with Crippen molar-refractivity contribution in [3.8, 4) is 0 Å². The minimum Gasteiger partial charge on any atom is -0.391 e. The van der Waals surface area contributed by atoms with E-state index in [1.165, 1.54) is 11.3 Å². The van der Waals surface area contributed by atoms with E-state index in [1.807, 2.05) is 13.0 Å². The number of aromatic amines is 1. The summed E-state index contributed by atoms with van der Waals surface area (Å²) < 4.78 is 0.599. The molecule has 0 spiro atoms. The van der Waals surface area contributed by atoms with Gasteiger partial charge in [0.05, 0.1) is 21.0 Å². The summed E-state index contributed by atoms with van der Waals surface area (Å²) in [4.78, 5) is 14.7. The van der Waals surface area contributed by atoms with E-state index in [2.05, 4.69) is 10.2 Å². The fourth-order valence-electron chi connectivity index (χ4n) is 2.65. The molecule has 0 bridgehead atoms. The maximum Gasteiger partial charge on any atom is 0.264 e. The summed E-state index contributed by atoms with van der Waals surface area (Å²) >= 11 is 7.13. The van der Waals surface area contributed by atoms with Crippen LogP contribution < -0.4 is 0 Å². The number of H-pyrrole nitrogens is 1. The Balaban J connectivity index is 1.66. The van der Waals surface area contributed by atoms with E-state index >= 15 is 0 Å². The zero-order chi connectivity index (χ0) is 15.0. The van der Waals surface area contributed by atoms with E-state index in [-0.39, 0.29) is 11.8 Å². The Morgan fingerprint density at radius 2 is 2.38 bits per heavy atom. The van der Waals surface area contributed by atoms with E-state index in [0.717, 1.165) is 11.4 Å². The first-order valence-corrected chi connectivity index (χ1v) is 7.96. The molecule has 1 aliphatic heterocycles. The minimum absolute atomic E-state index is 0.0204. The first kappa shape index (κ1) is 14.6. The molecule has 0 saturated carbocycles. The van der Waals surface area contributed by atoms with Crippen molar-refractivity contribution in [1.82, 2.24) is 15.1 Å². The number of halogens is 1. The molecule has 1 saturated heterocycles. The number of likely N-dealkylation sites (tertiary alicyclic amines) is 1. The Morgan fingerprint density at radius 3 is 3.00 bits per heavy atom. The van der Waals surface area contributed by atoms with Crippen molar-refractivity contribution >= 4 is 28.8 Å². The van der Waals surface area contributed by atoms with Crippen molar-refractivity contribution < 1.29 is 9.90 Å². The third-order valence-electron chi connectivity index (χ3n) is 3.71. The summed E-state index contributed by atoms with van der Waals surface area (Å²) in [6, 6.07) is 5.41. The zero-order valence-corrected chi connectivity index (χ0v) is 13.1. The molecular weight excluding hydrogens is 310 g/mol. The van der Waals surface area contributed by atoms with Gasteiger partial charge in [0.25, 0.3) is 5.91 Å². The number of amides is 1. The average molecular weight is 326 g/mol. The third-order valence-corrected chi connectivity index (χ3v) is 4.93. The Hall–Kier alpha value is -1.37. The van der Waals surface area contributed by atoms with Crippen LogP contribution in [0.4, 0.5) is 0 Å². The van der Waals surface area contributed by atoms with E-state index in [1.54, 1.807) is 17.0 Å². The molecule has 5 nitrogen and oxygen atoms in total. The number of hydrogen-bond donors (Lipinski definition) is 2. The monoisotopic (exact) mass is 325 g/mol. The van der Waals surface area contributed by atoms with Crippen molar-refractivity contribution in [2.75, 3.05) is 13.1 Å². The number of β-amino-alcohol motifs (C(OH)–C–C–N with tert-alkyl or cyclic N) is 1. The second kappa shape index (κ2) is 5.79. The lowest BCUT2D eigenvalue weighted by Crippen LogP contribution is -2.28. The van der Waals surface area contributed by atoms with Crippen LogP contribution in [0, 0.1) is 12.8 Å². The van der Waals surface area contributed by atoms with Crippen LogP contribution in [-0.4, -0.2) is 45.3 Å². The molecule has 7 heteroatoms. The Morgan fingerprint density at radius 1 is 1.57 bits per heavy atom. The van der Waals surface area contributed by atoms with Gasteiger partial charge in [-0.15, -0.1) is 11.3 Å². The molecule has 2 aromatic heterocycles. The van der Waals surface area contributed by atoms with E-state index in [9.17, 15) is 9.90 Å². The van der Waals surface area contributed by atoms with Crippen LogP contribution in [0.1, 0.15) is 21.1 Å². The number of aliphatic hydroxyl groups excluding tert-OH is 1. The molecular formula is C14H16ClN3O2S. The number of rotatable bonds is 3. The maximum atomic E-state index is 12.4. The van der Waals surface area contributed by atoms with Crippen molar-refractivity contribution in [1.29, 1.82) is 0 Å². The maximum absolute atomic E-state index is 12.4. The standard InChI is InChI=1S/C14H16ClN3O2S/c1-8-4-10(17-16-8)5-9-6-18(7-11(9)19)14(20)12-2-3-13(15)21-12/h2-4,9,11,19H,5-7H2,1H3,(H,16,17)/t9-,11-/m1/s1. The van der Waals surface area contributed by atoms with Crippen LogP contribution in [0.15, 0.2) is 18.2 Å². The van der Waals surface area contributed by atoms with Gasteiger partial charge in [-0.25, -0.2) is 0 Å². The Labute approximate surface area is 131 Å². The van der Waals surface area contributed by atoms with Crippen LogP contribution in [0.3, 0.4) is 0 Å². The van der Waals surface area contributed by atoms with E-state index in [0.29, 0.717) is 28.7 Å². The van der Waals surface area contributed by atoms with Crippen molar-refractivity contribution in [2.45, 2.75) is 19.4 Å². The second-order valence-corrected chi connectivity index (χ2v) is 7.10. The summed E-state index contributed by atoms with van der Waals surface area (Å²) in [6.45, 7) is 2.85. The summed E-state index contributed by atoms with van der Waals surface area (Å²) in [5.74, 6) is -0.0428. The summed E-state index contributed by atoms with van der Waals surface area (Å²) in [6.07, 6.45) is 0.155. The van der Waals surface area contributed by atoms with Gasteiger partial charge in [0, 0.05) is 24.7 Å². The molecule has 1 amide bonds. The molecule has 0 aromatic carbocycles. The van der Waals surface area contributed by atoms with E-state index < -0.39 is 6.10 Å². The van der Waals surface area contributed by atoms with Gasteiger partial charge in [-0.2, -0.15) is 5.10 Å². The molecule has 2 aromatic rings. The van der Waals surface area contributed by atoms with Gasteiger partial charge in [0.2, 0.25) is 0 Å². The molecule has 0 unspecified atom stereocenters. The number of aryl methyl sites for hydroxylation is 1. The van der Waals surface area contributed by atoms with Crippen molar-refractivity contribution in [3.63, 3.8) is 0 Å². The lowest BCUT2D eigenvalue weighted by Gasteiger charge is -2.14. The summed E-state index contributed by atoms with van der Waals surface area (Å²) in [5, 5.41) is 17.3. The first-order chi connectivity index (χ1) is 10.0. The quantitative estimate of drug-likeness (QED) is 0.908. The predicted octanol–water partition coefficient (Wildman–Crippen LogP) is 2.11. The summed E-state index contributed by atoms with van der Waals surface area (Å²) in [5.41, 5.74) is 1.92. The van der Waals surface area contributed by atoms with Crippen molar-refractivity contribution in [3.05, 3.63) is 38.8 Å². The van der Waals surface area contributed by atoms with Gasteiger partial charge in [-0.1, -0.05) is 11.6 Å². The number of nitrogens with zero attached hydrogens (tertiary/aromatic N) is 2. The van der Waals surface area contributed by atoms with Gasteiger partial charge in [0.15, 0.2) is 0 Å². The first-order valence-electron chi connectivity index (χ1n) is 6.76. The van der Waals surface area contributed by atoms with Crippen LogP contribution in [-0.2, 0) is 6.42 Å². The third kappa shape index (κ3) is 3.12. The van der Waals surface area contributed by atoms with Gasteiger partial charge in [-0.05, 0) is 31.5 Å². The number of thiophene rings is 1. The Bertz CT molecular complexity index is 654. The van der Waals surface area contributed by atoms with Crippen LogP contribution in [0.25, 0.3) is 0 Å². The highest BCUT2D eigenvalue weighted by Gasteiger charge is 2.35. The SMILES string of the molecule is Cc1cc(C[C@@H]2CN(C(=O)c3ccc(Cl)s3)C[C@H]2O)n[nH]1. The smallest absolute Gasteiger partial charge is 0.264 e. The number of nitrogens with one attached hydrogen (secondary N) is 1. The fraction of sp³-hybridized carbons (Fsp3) is 0.429. The number of carbonyl (C=O) groups is 1. The molecule has 21 heavy (non-hydrogen) atoms. The van der Waals surface area contributed by atoms with Crippen LogP contribution in [0.5, 0.6) is 0 Å². The normalized spacial score (nSPS) is 22.0. The number of carbonyl (C=O) groups excluding carboxylic acids is 1. The molecule has 3 rings (SSSR count). The van der Waals surface area contributed by atoms with Crippen LogP contribution >= 0.6 is 22.9 Å². The molecule has 2 N–H and O–H groups in total. The minimum atomic E-state index is -0.513. The summed E-state index contributed by atoms with van der Waals surface area (Å²) in [7, 11) is 0. The number of aromatic nitrogens is 2. The second-order valence-electron chi connectivity index (χ2n) is 5.39. The number of hydrogen-bond acceptors (Lipinski definition) is 4. The van der Waals surface area contributed by atoms with Gasteiger partial charge in [-0.3, -0.25) is 9.89 Å². The van der Waals surface area contributed by atoms with E-state index in [4.69, 9.17) is 11.6 Å². The lowest BCUT2D eigenvalue weighted by molar-refractivity contribution is 0.0769. The Kier molecular flexibility index (Phi) is 4.01. The highest BCUT2D eigenvalue weighted by Crippen LogP contribution is 2.27. The topological polar surface area (TPSA) is 69.2 Å². The fourth-order valence-corrected chi connectivity index (χ4v) is 3.66. The molecule has 2 atom stereocenters. The highest BCUT2D eigenvalue weighted by molar-refractivity contribution is 7.17. The predicted molar refractivity (Wildman–Crippen MR) is 81.8 cm³/mol. The molecule has 1 aliphatic rings. The molecule has 3 heterocycles. The largest absolute Gasteiger partial charge is 0.391 e. The van der Waals surface area contributed by atoms with Gasteiger partial charge in [0.1, 0.15) is 0 Å². The van der Waals surface area contributed by atoms with Gasteiger partial charge < -0.3 is 10.0 Å². The lowest BCUT2D eigenvalue weighted by atomic mass is 10.0. The highest BCUT2D eigenvalue weighted by atomic mass is 35.5. The number of aliphatic hydroxyl groups is 1. The zero-order valence-electron chi connectivity index (χ0n) is 11.5. The molecule has 1 fully saturated rings. The van der Waals surface area contributed by atoms with Gasteiger partial charge >= 0.3 is 0 Å². The molecule has 0 aliphatic carbocycles. The molecule has 112 valence electrons. The van der Waals surface area contributed by atoms with Crippen molar-refractivity contribution in [2.24, 2.45) is 5.92 Å². The van der Waals surface area contributed by atoms with Crippen LogP contribution in [0.2, 0.25) is 4.34 Å². The average Bonchev–Trinajstić information content (AvgIpc) is 3.12.